The Morgan fingerprint density at radius 1 is 1.38 bits per heavy atom. The van der Waals surface area contributed by atoms with E-state index in [0.717, 1.165) is 0 Å². The molecule has 0 amide bonds. The van der Waals surface area contributed by atoms with Crippen molar-refractivity contribution in [3.8, 4) is 0 Å². The number of carbonyl (C=O) groups excluding carboxylic acids is 1. The number of hydrogen-bond acceptors (Lipinski definition) is 3. The molecule has 64 valence electrons. The predicted molar refractivity (Wildman–Crippen MR) is 39.9 cm³/mol. The Kier molecular flexibility index (Phi) is 6.53. The maximum Gasteiger partial charge on any atom is 1.00 e. The summed E-state index contributed by atoms with van der Waals surface area (Å²) in [5.41, 5.74) is 0.556. The minimum atomic E-state index is -1.20. The van der Waals surface area contributed by atoms with E-state index in [1.807, 2.05) is 0 Å². The molecule has 1 rings (SSSR count). The van der Waals surface area contributed by atoms with Gasteiger partial charge in [-0.3, -0.25) is 0 Å². The van der Waals surface area contributed by atoms with Gasteiger partial charge in [-0.2, -0.15) is 0 Å². The Morgan fingerprint density at radius 3 is 2.38 bits per heavy atom. The largest absolute Gasteiger partial charge is 1.00 e. The molecule has 0 aliphatic heterocycles. The van der Waals surface area contributed by atoms with Crippen molar-refractivity contribution in [1.82, 2.24) is 0 Å². The van der Waals surface area contributed by atoms with E-state index in [1.54, 1.807) is 0 Å². The molecule has 0 bridgehead atoms. The van der Waals surface area contributed by atoms with Crippen molar-refractivity contribution in [1.29, 1.82) is 0 Å². The fourth-order valence-corrected chi connectivity index (χ4v) is 0.742. The van der Waals surface area contributed by atoms with Crippen LogP contribution in [0.2, 0.25) is 0 Å². The van der Waals surface area contributed by atoms with Crippen molar-refractivity contribution in [3.63, 3.8) is 0 Å². The van der Waals surface area contributed by atoms with Gasteiger partial charge in [0, 0.05) is 5.69 Å². The first-order valence-corrected chi connectivity index (χ1v) is 3.38. The fourth-order valence-electron chi connectivity index (χ4n) is 0.742. The summed E-state index contributed by atoms with van der Waals surface area (Å²) in [7, 11) is 0. The summed E-state index contributed by atoms with van der Waals surface area (Å²) in [4.78, 5) is 9.99. The zero-order valence-electron chi connectivity index (χ0n) is 7.21. The molecule has 3 nitrogen and oxygen atoms in total. The third kappa shape index (κ3) is 5.38. The van der Waals surface area contributed by atoms with Crippen LogP contribution in [0.4, 0.5) is 10.1 Å². The van der Waals surface area contributed by atoms with Gasteiger partial charge in [0.1, 0.15) is 5.82 Å². The van der Waals surface area contributed by atoms with Crippen LogP contribution >= 0.6 is 0 Å². The molecule has 0 saturated carbocycles. The van der Waals surface area contributed by atoms with Gasteiger partial charge in [0.25, 0.3) is 0 Å². The summed E-state index contributed by atoms with van der Waals surface area (Å²) in [6.45, 7) is -0.272. The quantitative estimate of drug-likeness (QED) is 0.537. The number of hydrogen-bond donors (Lipinski definition) is 1. The second kappa shape index (κ2) is 6.50. The molecule has 0 saturated heterocycles. The van der Waals surface area contributed by atoms with E-state index in [0.29, 0.717) is 5.69 Å². The van der Waals surface area contributed by atoms with Crippen molar-refractivity contribution in [3.05, 3.63) is 30.1 Å². The van der Waals surface area contributed by atoms with E-state index in [-0.39, 0.29) is 63.7 Å². The van der Waals surface area contributed by atoms with Crippen molar-refractivity contribution in [2.75, 3.05) is 11.9 Å². The summed E-state index contributed by atoms with van der Waals surface area (Å²) < 4.78 is 12.3. The number of rotatable bonds is 3. The van der Waals surface area contributed by atoms with E-state index in [4.69, 9.17) is 0 Å². The van der Waals surface area contributed by atoms with Gasteiger partial charge in [-0.1, -0.05) is 0 Å². The Morgan fingerprint density at radius 2 is 1.92 bits per heavy atom. The standard InChI is InChI=1S/C8H8FNO2.K/c9-6-1-3-7(4-2-6)10-5-8(11)12;/h1-4,10H,5H2,(H,11,12);/q;+1/p-1. The molecule has 1 N–H and O–H groups in total. The van der Waals surface area contributed by atoms with Crippen LogP contribution in [0, 0.1) is 5.82 Å². The number of carboxylic acid groups (broad SMARTS) is 1. The number of halogens is 1. The molecule has 13 heavy (non-hydrogen) atoms. The van der Waals surface area contributed by atoms with E-state index >= 15 is 0 Å². The molecule has 0 atom stereocenters. The second-order valence-electron chi connectivity index (χ2n) is 2.23. The Labute approximate surface area is 118 Å². The van der Waals surface area contributed by atoms with Crippen LogP contribution in [0.3, 0.4) is 0 Å². The summed E-state index contributed by atoms with van der Waals surface area (Å²) in [5, 5.41) is 12.5. The first-order chi connectivity index (χ1) is 5.68. The van der Waals surface area contributed by atoms with Crippen LogP contribution in [0.1, 0.15) is 0 Å². The fraction of sp³-hybridized carbons (Fsp3) is 0.125. The summed E-state index contributed by atoms with van der Waals surface area (Å²) in [5.74, 6) is -1.55. The minimum Gasteiger partial charge on any atom is -0.548 e. The number of carbonyl (C=O) groups is 1. The molecule has 0 aromatic heterocycles. The predicted octanol–water partition coefficient (Wildman–Crippen LogP) is -3.01. The number of anilines is 1. The zero-order valence-corrected chi connectivity index (χ0v) is 10.3. The maximum absolute atomic E-state index is 12.3. The minimum absolute atomic E-state index is 0. The van der Waals surface area contributed by atoms with Crippen molar-refractivity contribution in [2.45, 2.75) is 0 Å². The van der Waals surface area contributed by atoms with E-state index in [2.05, 4.69) is 5.32 Å². The van der Waals surface area contributed by atoms with E-state index in [9.17, 15) is 14.3 Å². The van der Waals surface area contributed by atoms with Gasteiger partial charge >= 0.3 is 51.4 Å². The molecule has 5 heteroatoms. The van der Waals surface area contributed by atoms with Gasteiger partial charge < -0.3 is 15.2 Å². The molecule has 1 aromatic carbocycles. The van der Waals surface area contributed by atoms with Gasteiger partial charge in [0.05, 0.1) is 12.5 Å². The Hall–Kier alpha value is 0.0564. The van der Waals surface area contributed by atoms with Crippen molar-refractivity contribution < 1.29 is 65.7 Å². The summed E-state index contributed by atoms with van der Waals surface area (Å²) in [6.07, 6.45) is 0. The molecule has 0 heterocycles. The molecule has 0 radical (unpaired) electrons. The van der Waals surface area contributed by atoms with Gasteiger partial charge in [0.2, 0.25) is 0 Å². The van der Waals surface area contributed by atoms with E-state index in [1.165, 1.54) is 24.3 Å². The number of carboxylic acids is 1. The molecular formula is C8H7FKNO2. The van der Waals surface area contributed by atoms with Crippen LogP contribution in [-0.4, -0.2) is 12.5 Å². The van der Waals surface area contributed by atoms with Gasteiger partial charge in [-0.15, -0.1) is 0 Å². The maximum atomic E-state index is 12.3. The average Bonchev–Trinajstić information content (AvgIpc) is 2.03. The van der Waals surface area contributed by atoms with E-state index < -0.39 is 5.97 Å². The van der Waals surface area contributed by atoms with Crippen LogP contribution in [0.25, 0.3) is 0 Å². The number of benzene rings is 1. The van der Waals surface area contributed by atoms with Crippen LogP contribution in [0.15, 0.2) is 24.3 Å². The molecular weight excluding hydrogens is 200 g/mol. The topological polar surface area (TPSA) is 52.2 Å². The average molecular weight is 207 g/mol. The van der Waals surface area contributed by atoms with Gasteiger partial charge in [-0.25, -0.2) is 4.39 Å². The molecule has 0 fully saturated rings. The SMILES string of the molecule is O=C([O-])CNc1ccc(F)cc1.[K+]. The third-order valence-corrected chi connectivity index (χ3v) is 1.28. The monoisotopic (exact) mass is 207 g/mol. The molecule has 1 aromatic rings. The van der Waals surface area contributed by atoms with Gasteiger partial charge in [0.15, 0.2) is 0 Å². The Bertz CT molecular complexity index is 276. The molecule has 0 unspecified atom stereocenters. The van der Waals surface area contributed by atoms with Gasteiger partial charge in [-0.05, 0) is 24.3 Å². The summed E-state index contributed by atoms with van der Waals surface area (Å²) in [6, 6.07) is 5.41. The second-order valence-corrected chi connectivity index (χ2v) is 2.23. The third-order valence-electron chi connectivity index (χ3n) is 1.28. The van der Waals surface area contributed by atoms with Crippen molar-refractivity contribution >= 4 is 11.7 Å². The molecule has 0 aliphatic rings. The first kappa shape index (κ1) is 13.1. The number of aliphatic carboxylic acids is 1. The van der Waals surface area contributed by atoms with Crippen LogP contribution < -0.4 is 61.8 Å². The van der Waals surface area contributed by atoms with Crippen molar-refractivity contribution in [2.24, 2.45) is 0 Å². The zero-order chi connectivity index (χ0) is 8.97. The Balaban J connectivity index is 0.00000144. The molecule has 0 spiro atoms. The summed E-state index contributed by atoms with van der Waals surface area (Å²) >= 11 is 0. The normalized spacial score (nSPS) is 8.69. The van der Waals surface area contributed by atoms with Crippen LogP contribution in [-0.2, 0) is 4.79 Å². The molecule has 0 aliphatic carbocycles. The number of nitrogens with one attached hydrogen (secondary N) is 1. The first-order valence-electron chi connectivity index (χ1n) is 3.38. The smallest absolute Gasteiger partial charge is 0.548 e. The van der Waals surface area contributed by atoms with Crippen LogP contribution in [0.5, 0.6) is 0 Å².